The number of aliphatic hydroxyl groups is 1. The van der Waals surface area contributed by atoms with E-state index in [0.717, 1.165) is 6.42 Å². The van der Waals surface area contributed by atoms with Crippen molar-refractivity contribution in [2.45, 2.75) is 44.2 Å². The van der Waals surface area contributed by atoms with E-state index >= 15 is 0 Å². The highest BCUT2D eigenvalue weighted by molar-refractivity contribution is 5.04. The van der Waals surface area contributed by atoms with Gasteiger partial charge in [0.1, 0.15) is 23.9 Å². The molecule has 4 nitrogen and oxygen atoms in total. The average molecular weight is 202 g/mol. The third kappa shape index (κ3) is 1.37. The van der Waals surface area contributed by atoms with Gasteiger partial charge in [-0.25, -0.2) is 0 Å². The van der Waals surface area contributed by atoms with E-state index in [1.807, 2.05) is 6.92 Å². The lowest BCUT2D eigenvalue weighted by molar-refractivity contribution is -0.113. The van der Waals surface area contributed by atoms with Gasteiger partial charge in [-0.2, -0.15) is 0 Å². The number of fused-ring (bicyclic) bond motifs is 1. The Kier molecular flexibility index (Phi) is 2.79. The van der Waals surface area contributed by atoms with Crippen LogP contribution in [0, 0.1) is 0 Å². The van der Waals surface area contributed by atoms with E-state index in [1.54, 1.807) is 0 Å². The van der Waals surface area contributed by atoms with Crippen molar-refractivity contribution in [1.29, 1.82) is 0 Å². The van der Waals surface area contributed by atoms with Gasteiger partial charge >= 0.3 is 0 Å². The van der Waals surface area contributed by atoms with Gasteiger partial charge in [-0.15, -0.1) is 0 Å². The molecule has 2 fully saturated rings. The van der Waals surface area contributed by atoms with Crippen LogP contribution in [0.3, 0.4) is 0 Å². The summed E-state index contributed by atoms with van der Waals surface area (Å²) in [6.07, 6.45) is 0.0761. The summed E-state index contributed by atoms with van der Waals surface area (Å²) in [5, 5.41) is 9.59. The molecule has 0 radical (unpaired) electrons. The SMILES string of the molecule is CCO[C@@]1(CC)CO[C@@H]2[C@H](O)CO[C@@H]21. The molecule has 14 heavy (non-hydrogen) atoms. The fourth-order valence-corrected chi connectivity index (χ4v) is 2.38. The summed E-state index contributed by atoms with van der Waals surface area (Å²) >= 11 is 0. The number of ether oxygens (including phenoxy) is 3. The molecule has 0 amide bonds. The predicted molar refractivity (Wildman–Crippen MR) is 50.1 cm³/mol. The maximum absolute atomic E-state index is 9.59. The maximum Gasteiger partial charge on any atom is 0.120 e. The monoisotopic (exact) mass is 202 g/mol. The average Bonchev–Trinajstić information content (AvgIpc) is 2.71. The van der Waals surface area contributed by atoms with Gasteiger partial charge < -0.3 is 19.3 Å². The lowest BCUT2D eigenvalue weighted by atomic mass is 9.93. The van der Waals surface area contributed by atoms with Crippen molar-refractivity contribution in [3.05, 3.63) is 0 Å². The van der Waals surface area contributed by atoms with Crippen LogP contribution in [0.4, 0.5) is 0 Å². The van der Waals surface area contributed by atoms with Crippen molar-refractivity contribution in [2.75, 3.05) is 19.8 Å². The quantitative estimate of drug-likeness (QED) is 0.716. The predicted octanol–water partition coefficient (Wildman–Crippen LogP) is 0.330. The van der Waals surface area contributed by atoms with Gasteiger partial charge in [-0.3, -0.25) is 0 Å². The molecule has 0 spiro atoms. The highest BCUT2D eigenvalue weighted by Gasteiger charge is 2.56. The van der Waals surface area contributed by atoms with Crippen LogP contribution in [0.15, 0.2) is 0 Å². The van der Waals surface area contributed by atoms with E-state index in [9.17, 15) is 5.11 Å². The van der Waals surface area contributed by atoms with Crippen LogP contribution < -0.4 is 0 Å². The summed E-state index contributed by atoms with van der Waals surface area (Å²) in [5.41, 5.74) is -0.336. The first-order valence-corrected chi connectivity index (χ1v) is 5.28. The molecule has 2 aliphatic heterocycles. The maximum atomic E-state index is 9.59. The number of hydrogen-bond donors (Lipinski definition) is 1. The minimum Gasteiger partial charge on any atom is -0.388 e. The number of aliphatic hydroxyl groups excluding tert-OH is 1. The van der Waals surface area contributed by atoms with Crippen molar-refractivity contribution in [3.8, 4) is 0 Å². The summed E-state index contributed by atoms with van der Waals surface area (Å²) in [7, 11) is 0. The van der Waals surface area contributed by atoms with Crippen molar-refractivity contribution in [1.82, 2.24) is 0 Å². The molecule has 2 aliphatic rings. The highest BCUT2D eigenvalue weighted by atomic mass is 16.6. The summed E-state index contributed by atoms with van der Waals surface area (Å²) in [4.78, 5) is 0. The molecule has 0 aromatic carbocycles. The van der Waals surface area contributed by atoms with Gasteiger partial charge in [0, 0.05) is 6.61 Å². The van der Waals surface area contributed by atoms with Gasteiger partial charge in [0.15, 0.2) is 0 Å². The molecular formula is C10H18O4. The molecule has 0 bridgehead atoms. The molecular weight excluding hydrogens is 184 g/mol. The molecule has 0 saturated carbocycles. The van der Waals surface area contributed by atoms with Gasteiger partial charge in [0.05, 0.1) is 13.2 Å². The fourth-order valence-electron chi connectivity index (χ4n) is 2.38. The van der Waals surface area contributed by atoms with Crippen molar-refractivity contribution < 1.29 is 19.3 Å². The van der Waals surface area contributed by atoms with E-state index in [2.05, 4.69) is 6.92 Å². The van der Waals surface area contributed by atoms with Crippen molar-refractivity contribution >= 4 is 0 Å². The molecule has 0 aromatic rings. The molecule has 2 heterocycles. The van der Waals surface area contributed by atoms with Gasteiger partial charge in [0.25, 0.3) is 0 Å². The lowest BCUT2D eigenvalue weighted by Crippen LogP contribution is -2.45. The first-order chi connectivity index (χ1) is 6.73. The topological polar surface area (TPSA) is 47.9 Å². The number of rotatable bonds is 3. The van der Waals surface area contributed by atoms with Crippen LogP contribution in [0.1, 0.15) is 20.3 Å². The van der Waals surface area contributed by atoms with Gasteiger partial charge in [-0.1, -0.05) is 6.92 Å². The Morgan fingerprint density at radius 2 is 2.21 bits per heavy atom. The van der Waals surface area contributed by atoms with Crippen LogP contribution in [0.5, 0.6) is 0 Å². The lowest BCUT2D eigenvalue weighted by Gasteiger charge is -2.31. The zero-order chi connectivity index (χ0) is 10.2. The second kappa shape index (κ2) is 3.77. The normalized spacial score (nSPS) is 46.9. The van der Waals surface area contributed by atoms with E-state index < -0.39 is 6.10 Å². The third-order valence-electron chi connectivity index (χ3n) is 3.19. The van der Waals surface area contributed by atoms with E-state index in [4.69, 9.17) is 14.2 Å². The second-order valence-electron chi connectivity index (χ2n) is 3.95. The Labute approximate surface area is 84.1 Å². The molecule has 0 unspecified atom stereocenters. The minimum atomic E-state index is -0.492. The first kappa shape index (κ1) is 10.4. The molecule has 4 atom stereocenters. The largest absolute Gasteiger partial charge is 0.388 e. The Morgan fingerprint density at radius 3 is 2.86 bits per heavy atom. The zero-order valence-corrected chi connectivity index (χ0v) is 8.73. The van der Waals surface area contributed by atoms with Crippen molar-refractivity contribution in [2.24, 2.45) is 0 Å². The Bertz CT molecular complexity index is 208. The fraction of sp³-hybridized carbons (Fsp3) is 1.00. The van der Waals surface area contributed by atoms with Crippen LogP contribution in [0.2, 0.25) is 0 Å². The van der Waals surface area contributed by atoms with Crippen molar-refractivity contribution in [3.63, 3.8) is 0 Å². The van der Waals surface area contributed by atoms with Crippen LogP contribution in [-0.2, 0) is 14.2 Å². The highest BCUT2D eigenvalue weighted by Crippen LogP contribution is 2.38. The molecule has 0 aromatic heterocycles. The summed E-state index contributed by atoms with van der Waals surface area (Å²) in [5.74, 6) is 0. The van der Waals surface area contributed by atoms with Crippen LogP contribution in [0.25, 0.3) is 0 Å². The van der Waals surface area contributed by atoms with Gasteiger partial charge in [-0.05, 0) is 13.3 Å². The molecule has 0 aliphatic carbocycles. The zero-order valence-electron chi connectivity index (χ0n) is 8.73. The van der Waals surface area contributed by atoms with E-state index in [0.29, 0.717) is 19.8 Å². The summed E-state index contributed by atoms with van der Waals surface area (Å²) in [6, 6.07) is 0. The molecule has 82 valence electrons. The molecule has 2 rings (SSSR count). The summed E-state index contributed by atoms with van der Waals surface area (Å²) in [6.45, 7) is 5.58. The smallest absolute Gasteiger partial charge is 0.120 e. The third-order valence-corrected chi connectivity index (χ3v) is 3.19. The van der Waals surface area contributed by atoms with E-state index in [-0.39, 0.29) is 17.8 Å². The second-order valence-corrected chi connectivity index (χ2v) is 3.95. The van der Waals surface area contributed by atoms with Gasteiger partial charge in [0.2, 0.25) is 0 Å². The summed E-state index contributed by atoms with van der Waals surface area (Å²) < 4.78 is 16.8. The molecule has 4 heteroatoms. The number of hydrogen-bond acceptors (Lipinski definition) is 4. The Morgan fingerprint density at radius 1 is 1.43 bits per heavy atom. The van der Waals surface area contributed by atoms with E-state index in [1.165, 1.54) is 0 Å². The minimum absolute atomic E-state index is 0.0950. The van der Waals surface area contributed by atoms with Crippen LogP contribution in [-0.4, -0.2) is 48.8 Å². The Balaban J connectivity index is 2.13. The molecule has 2 saturated heterocycles. The first-order valence-electron chi connectivity index (χ1n) is 5.28. The standard InChI is InChI=1S/C10H18O4/c1-3-10(14-4-2)6-13-8-7(11)5-12-9(8)10/h7-9,11H,3-6H2,1-2H3/t7-,8-,9+,10+/m1/s1. The molecule has 1 N–H and O–H groups in total. The Hall–Kier alpha value is -0.160. The van der Waals surface area contributed by atoms with Crippen LogP contribution >= 0.6 is 0 Å².